The van der Waals surface area contributed by atoms with Gasteiger partial charge in [-0.1, -0.05) is 22.4 Å². The molecule has 1 aromatic carbocycles. The molecule has 1 amide bonds. The molecule has 0 bridgehead atoms. The van der Waals surface area contributed by atoms with Crippen molar-refractivity contribution in [3.8, 4) is 0 Å². The van der Waals surface area contributed by atoms with Crippen molar-refractivity contribution in [2.45, 2.75) is 44.1 Å². The quantitative estimate of drug-likeness (QED) is 0.880. The lowest BCUT2D eigenvalue weighted by atomic mass is 9.73. The van der Waals surface area contributed by atoms with Gasteiger partial charge in [-0.3, -0.25) is 4.79 Å². The topological polar surface area (TPSA) is 55.1 Å². The molecule has 4 heteroatoms. The molecule has 3 nitrogen and oxygen atoms in total. The number of hydrogen-bond donors (Lipinski definition) is 2. The largest absolute Gasteiger partial charge is 0.371 e. The number of rotatable bonds is 4. The summed E-state index contributed by atoms with van der Waals surface area (Å²) in [5, 5.41) is 3.44. The fourth-order valence-electron chi connectivity index (χ4n) is 3.50. The minimum absolute atomic E-state index is 0.203. The number of primary amides is 1. The van der Waals surface area contributed by atoms with Crippen LogP contribution in [0.2, 0.25) is 0 Å². The maximum Gasteiger partial charge on any atom is 0.243 e. The molecule has 0 radical (unpaired) electrons. The molecule has 0 saturated heterocycles. The summed E-state index contributed by atoms with van der Waals surface area (Å²) >= 11 is 3.43. The summed E-state index contributed by atoms with van der Waals surface area (Å²) in [5.41, 5.74) is 6.17. The molecule has 0 aliphatic heterocycles. The molecule has 0 spiro atoms. The Hall–Kier alpha value is -1.03. The highest BCUT2D eigenvalue weighted by atomic mass is 79.9. The van der Waals surface area contributed by atoms with Gasteiger partial charge in [-0.05, 0) is 68.2 Å². The van der Waals surface area contributed by atoms with E-state index in [-0.39, 0.29) is 5.91 Å². The molecule has 2 unspecified atom stereocenters. The number of hydrogen-bond acceptors (Lipinski definition) is 2. The van der Waals surface area contributed by atoms with Gasteiger partial charge in [-0.2, -0.15) is 0 Å². The van der Waals surface area contributed by atoms with Crippen LogP contribution in [0.4, 0.5) is 5.69 Å². The number of halogens is 1. The number of benzene rings is 1. The van der Waals surface area contributed by atoms with Crippen molar-refractivity contribution in [1.82, 2.24) is 0 Å². The number of carbonyl (C=O) groups excluding carboxylic acids is 1. The molecule has 3 rings (SSSR count). The fourth-order valence-corrected chi connectivity index (χ4v) is 3.76. The molecule has 0 heterocycles. The van der Waals surface area contributed by atoms with Gasteiger partial charge in [0.15, 0.2) is 0 Å². The fraction of sp³-hybridized carbons (Fsp3) is 0.562. The summed E-state index contributed by atoms with van der Waals surface area (Å²) in [6.45, 7) is 0. The summed E-state index contributed by atoms with van der Waals surface area (Å²) < 4.78 is 1.04. The summed E-state index contributed by atoms with van der Waals surface area (Å²) in [6.07, 6.45) is 6.75. The lowest BCUT2D eigenvalue weighted by molar-refractivity contribution is -0.124. The lowest BCUT2D eigenvalue weighted by Gasteiger charge is -2.40. The van der Waals surface area contributed by atoms with Crippen LogP contribution in [-0.4, -0.2) is 11.4 Å². The van der Waals surface area contributed by atoms with E-state index in [0.29, 0.717) is 5.92 Å². The van der Waals surface area contributed by atoms with Gasteiger partial charge in [0.05, 0.1) is 0 Å². The second-order valence-electron chi connectivity index (χ2n) is 6.27. The van der Waals surface area contributed by atoms with Crippen LogP contribution in [0.5, 0.6) is 0 Å². The summed E-state index contributed by atoms with van der Waals surface area (Å²) in [7, 11) is 0. The number of carbonyl (C=O) groups is 1. The molecular formula is C16H21BrN2O. The zero-order valence-corrected chi connectivity index (χ0v) is 13.2. The molecule has 20 heavy (non-hydrogen) atoms. The molecule has 108 valence electrons. The first-order chi connectivity index (χ1) is 9.59. The van der Waals surface area contributed by atoms with E-state index in [9.17, 15) is 4.79 Å². The van der Waals surface area contributed by atoms with Gasteiger partial charge in [0.25, 0.3) is 0 Å². The van der Waals surface area contributed by atoms with Crippen LogP contribution in [-0.2, 0) is 4.79 Å². The van der Waals surface area contributed by atoms with Crippen LogP contribution < -0.4 is 11.1 Å². The molecular weight excluding hydrogens is 316 g/mol. The van der Waals surface area contributed by atoms with E-state index in [2.05, 4.69) is 21.2 Å². The van der Waals surface area contributed by atoms with Crippen molar-refractivity contribution in [3.63, 3.8) is 0 Å². The first kappa shape index (κ1) is 13.9. The van der Waals surface area contributed by atoms with Crippen molar-refractivity contribution in [1.29, 1.82) is 0 Å². The highest BCUT2D eigenvalue weighted by Crippen LogP contribution is 2.47. The van der Waals surface area contributed by atoms with Crippen LogP contribution >= 0.6 is 15.9 Å². The Labute approximate surface area is 128 Å². The van der Waals surface area contributed by atoms with Gasteiger partial charge in [0.1, 0.15) is 5.54 Å². The normalized spacial score (nSPS) is 29.9. The molecule has 3 N–H and O–H groups in total. The van der Waals surface area contributed by atoms with E-state index in [1.165, 1.54) is 19.3 Å². The predicted molar refractivity (Wildman–Crippen MR) is 84.4 cm³/mol. The van der Waals surface area contributed by atoms with Crippen LogP contribution in [0.3, 0.4) is 0 Å². The maximum absolute atomic E-state index is 12.1. The maximum atomic E-state index is 12.1. The molecule has 2 fully saturated rings. The standard InChI is InChI=1S/C16H21BrN2O/c17-13-5-7-14(8-6-13)19-16(15(18)20)9-1-2-12(10-16)11-3-4-11/h5-8,11-12,19H,1-4,9-10H2,(H2,18,20). The van der Waals surface area contributed by atoms with E-state index in [1.807, 2.05) is 24.3 Å². The van der Waals surface area contributed by atoms with Crippen molar-refractivity contribution in [2.75, 3.05) is 5.32 Å². The Bertz CT molecular complexity index is 498. The minimum atomic E-state index is -0.556. The first-order valence-corrected chi connectivity index (χ1v) is 8.22. The number of anilines is 1. The Morgan fingerprint density at radius 2 is 1.90 bits per heavy atom. The zero-order valence-electron chi connectivity index (χ0n) is 11.6. The van der Waals surface area contributed by atoms with Crippen LogP contribution in [0, 0.1) is 11.8 Å². The Morgan fingerprint density at radius 1 is 1.20 bits per heavy atom. The van der Waals surface area contributed by atoms with E-state index in [0.717, 1.165) is 35.3 Å². The second-order valence-corrected chi connectivity index (χ2v) is 7.19. The average molecular weight is 337 g/mol. The van der Waals surface area contributed by atoms with Gasteiger partial charge >= 0.3 is 0 Å². The Morgan fingerprint density at radius 3 is 2.50 bits per heavy atom. The molecule has 2 atom stereocenters. The third-order valence-corrected chi connectivity index (χ3v) is 5.31. The molecule has 2 aliphatic rings. The molecule has 1 aromatic rings. The summed E-state index contributed by atoms with van der Waals surface area (Å²) in [5.74, 6) is 1.30. The Kier molecular flexibility index (Phi) is 3.76. The summed E-state index contributed by atoms with van der Waals surface area (Å²) in [6, 6.07) is 7.96. The van der Waals surface area contributed by atoms with Gasteiger partial charge in [0.2, 0.25) is 5.91 Å². The van der Waals surface area contributed by atoms with Gasteiger partial charge < -0.3 is 11.1 Å². The SMILES string of the molecule is NC(=O)C1(Nc2ccc(Br)cc2)CCCC(C2CC2)C1. The molecule has 0 aromatic heterocycles. The highest BCUT2D eigenvalue weighted by Gasteiger charge is 2.45. The summed E-state index contributed by atoms with van der Waals surface area (Å²) in [4.78, 5) is 12.1. The van der Waals surface area contributed by atoms with Crippen LogP contribution in [0.15, 0.2) is 28.7 Å². The smallest absolute Gasteiger partial charge is 0.243 e. The lowest BCUT2D eigenvalue weighted by Crippen LogP contribution is -2.53. The van der Waals surface area contributed by atoms with Gasteiger partial charge in [-0.25, -0.2) is 0 Å². The van der Waals surface area contributed by atoms with Crippen LogP contribution in [0.25, 0.3) is 0 Å². The predicted octanol–water partition coefficient (Wildman–Crippen LogP) is 3.69. The van der Waals surface area contributed by atoms with Crippen molar-refractivity contribution >= 4 is 27.5 Å². The third-order valence-electron chi connectivity index (χ3n) is 4.78. The molecule has 2 aliphatic carbocycles. The van der Waals surface area contributed by atoms with Crippen molar-refractivity contribution in [2.24, 2.45) is 17.6 Å². The van der Waals surface area contributed by atoms with Gasteiger partial charge in [0, 0.05) is 10.2 Å². The van der Waals surface area contributed by atoms with E-state index < -0.39 is 5.54 Å². The average Bonchev–Trinajstić information content (AvgIpc) is 3.26. The second kappa shape index (κ2) is 5.40. The van der Waals surface area contributed by atoms with Crippen molar-refractivity contribution in [3.05, 3.63) is 28.7 Å². The monoisotopic (exact) mass is 336 g/mol. The van der Waals surface area contributed by atoms with E-state index in [1.54, 1.807) is 0 Å². The van der Waals surface area contributed by atoms with Gasteiger partial charge in [-0.15, -0.1) is 0 Å². The van der Waals surface area contributed by atoms with E-state index >= 15 is 0 Å². The van der Waals surface area contributed by atoms with Crippen LogP contribution in [0.1, 0.15) is 38.5 Å². The minimum Gasteiger partial charge on any atom is -0.371 e. The number of amides is 1. The first-order valence-electron chi connectivity index (χ1n) is 7.43. The van der Waals surface area contributed by atoms with E-state index in [4.69, 9.17) is 5.73 Å². The molecule has 2 saturated carbocycles. The third kappa shape index (κ3) is 2.85. The zero-order chi connectivity index (χ0) is 14.2. The van der Waals surface area contributed by atoms with Crippen molar-refractivity contribution < 1.29 is 4.79 Å². The number of nitrogens with one attached hydrogen (secondary N) is 1. The number of nitrogens with two attached hydrogens (primary N) is 1. The highest BCUT2D eigenvalue weighted by molar-refractivity contribution is 9.10. The Balaban J connectivity index is 1.79.